The lowest BCUT2D eigenvalue weighted by atomic mass is 10.2. The summed E-state index contributed by atoms with van der Waals surface area (Å²) in [5.74, 6) is -0.400. The highest BCUT2D eigenvalue weighted by atomic mass is 32.1. The first-order valence-electron chi connectivity index (χ1n) is 7.11. The smallest absolute Gasteiger partial charge is 0.342 e. The Hall–Kier alpha value is -2.80. The molecular formula is C17H13FN2O3S. The minimum absolute atomic E-state index is 0.0653. The summed E-state index contributed by atoms with van der Waals surface area (Å²) >= 11 is 1.31. The first kappa shape index (κ1) is 16.1. The molecule has 1 aromatic heterocycles. The quantitative estimate of drug-likeness (QED) is 0.639. The van der Waals surface area contributed by atoms with Crippen molar-refractivity contribution in [2.45, 2.75) is 13.2 Å². The maximum atomic E-state index is 12.9. The summed E-state index contributed by atoms with van der Waals surface area (Å²) in [5.41, 5.74) is 2.70. The molecule has 0 fully saturated rings. The van der Waals surface area contributed by atoms with Crippen LogP contribution in [0.2, 0.25) is 0 Å². The van der Waals surface area contributed by atoms with Crippen LogP contribution in [0.15, 0.2) is 54.0 Å². The van der Waals surface area contributed by atoms with E-state index in [1.165, 1.54) is 23.5 Å². The molecule has 0 bridgehead atoms. The van der Waals surface area contributed by atoms with Crippen molar-refractivity contribution in [3.05, 3.63) is 76.0 Å². The fourth-order valence-corrected chi connectivity index (χ4v) is 2.40. The Morgan fingerprint density at radius 2 is 1.88 bits per heavy atom. The molecule has 0 spiro atoms. The molecule has 3 aromatic rings. The van der Waals surface area contributed by atoms with E-state index in [9.17, 15) is 9.18 Å². The van der Waals surface area contributed by atoms with Gasteiger partial charge >= 0.3 is 5.97 Å². The molecule has 0 saturated carbocycles. The average Bonchev–Trinajstić information content (AvgIpc) is 3.13. The molecule has 1 heterocycles. The lowest BCUT2D eigenvalue weighted by Gasteiger charge is -2.11. The second kappa shape index (κ2) is 7.65. The highest BCUT2D eigenvalue weighted by molar-refractivity contribution is 7.09. The Morgan fingerprint density at radius 1 is 1.08 bits per heavy atom. The Bertz CT molecular complexity index is 807. The lowest BCUT2D eigenvalue weighted by Crippen LogP contribution is -2.08. The van der Waals surface area contributed by atoms with Gasteiger partial charge in [0.15, 0.2) is 5.01 Å². The van der Waals surface area contributed by atoms with Crippen molar-refractivity contribution in [3.8, 4) is 5.75 Å². The van der Waals surface area contributed by atoms with E-state index in [1.54, 1.807) is 41.9 Å². The molecule has 0 radical (unpaired) electrons. The monoisotopic (exact) mass is 344 g/mol. The van der Waals surface area contributed by atoms with Gasteiger partial charge in [0.05, 0.1) is 0 Å². The second-order valence-electron chi connectivity index (χ2n) is 4.82. The zero-order valence-corrected chi connectivity index (χ0v) is 13.3. The van der Waals surface area contributed by atoms with Crippen LogP contribution in [0, 0.1) is 5.82 Å². The Balaban J connectivity index is 1.65. The molecule has 5 nitrogen and oxygen atoms in total. The van der Waals surface area contributed by atoms with Crippen molar-refractivity contribution in [2.75, 3.05) is 0 Å². The highest BCUT2D eigenvalue weighted by Crippen LogP contribution is 2.21. The van der Waals surface area contributed by atoms with E-state index >= 15 is 0 Å². The molecule has 3 rings (SSSR count). The number of carbonyl (C=O) groups is 1. The summed E-state index contributed by atoms with van der Waals surface area (Å²) in [6, 6.07) is 12.8. The Kier molecular flexibility index (Phi) is 5.12. The fraction of sp³-hybridized carbons (Fsp3) is 0.118. The van der Waals surface area contributed by atoms with Gasteiger partial charge in [-0.2, -0.15) is 0 Å². The van der Waals surface area contributed by atoms with E-state index in [2.05, 4.69) is 10.2 Å². The van der Waals surface area contributed by atoms with Crippen LogP contribution in [0.25, 0.3) is 0 Å². The first-order valence-corrected chi connectivity index (χ1v) is 7.99. The summed E-state index contributed by atoms with van der Waals surface area (Å²) < 4.78 is 23.8. The molecule has 0 saturated heterocycles. The van der Waals surface area contributed by atoms with Gasteiger partial charge in [-0.15, -0.1) is 21.5 Å². The molecule has 24 heavy (non-hydrogen) atoms. The van der Waals surface area contributed by atoms with E-state index in [4.69, 9.17) is 9.47 Å². The van der Waals surface area contributed by atoms with Crippen LogP contribution >= 0.6 is 11.3 Å². The lowest BCUT2D eigenvalue weighted by molar-refractivity contribution is 0.0466. The van der Waals surface area contributed by atoms with Gasteiger partial charge in [-0.3, -0.25) is 0 Å². The van der Waals surface area contributed by atoms with Crippen molar-refractivity contribution in [2.24, 2.45) is 0 Å². The molecule has 0 amide bonds. The van der Waals surface area contributed by atoms with Crippen LogP contribution in [0.3, 0.4) is 0 Å². The normalized spacial score (nSPS) is 10.4. The minimum atomic E-state index is -0.500. The molecule has 7 heteroatoms. The molecule has 2 aromatic carbocycles. The van der Waals surface area contributed by atoms with Gasteiger partial charge in [0, 0.05) is 0 Å². The van der Waals surface area contributed by atoms with Crippen LogP contribution in [-0.4, -0.2) is 16.2 Å². The highest BCUT2D eigenvalue weighted by Gasteiger charge is 2.14. The predicted molar refractivity (Wildman–Crippen MR) is 86.2 cm³/mol. The maximum absolute atomic E-state index is 12.9. The Labute approximate surface area is 141 Å². The summed E-state index contributed by atoms with van der Waals surface area (Å²) in [4.78, 5) is 12.2. The number of rotatable bonds is 6. The zero-order chi connectivity index (χ0) is 16.8. The van der Waals surface area contributed by atoms with E-state index in [-0.39, 0.29) is 19.0 Å². The van der Waals surface area contributed by atoms with Gasteiger partial charge in [0.1, 0.15) is 35.9 Å². The van der Waals surface area contributed by atoms with Crippen molar-refractivity contribution < 1.29 is 18.7 Å². The average molecular weight is 344 g/mol. The molecule has 122 valence electrons. The molecule has 0 N–H and O–H groups in total. The SMILES string of the molecule is O=C(OCc1nncs1)c1ccccc1OCc1ccc(F)cc1. The van der Waals surface area contributed by atoms with Crippen molar-refractivity contribution in [1.82, 2.24) is 10.2 Å². The van der Waals surface area contributed by atoms with Crippen LogP contribution in [-0.2, 0) is 18.0 Å². The van der Waals surface area contributed by atoms with Crippen molar-refractivity contribution in [3.63, 3.8) is 0 Å². The number of hydrogen-bond acceptors (Lipinski definition) is 6. The van der Waals surface area contributed by atoms with Gasteiger partial charge in [-0.05, 0) is 29.8 Å². The summed E-state index contributed by atoms with van der Waals surface area (Å²) in [6.45, 7) is 0.288. The minimum Gasteiger partial charge on any atom is -0.488 e. The van der Waals surface area contributed by atoms with E-state index in [0.717, 1.165) is 5.56 Å². The summed E-state index contributed by atoms with van der Waals surface area (Å²) in [7, 11) is 0. The third kappa shape index (κ3) is 4.14. The third-order valence-electron chi connectivity index (χ3n) is 3.15. The zero-order valence-electron chi connectivity index (χ0n) is 12.5. The van der Waals surface area contributed by atoms with Gasteiger partial charge in [-0.25, -0.2) is 9.18 Å². The van der Waals surface area contributed by atoms with Crippen molar-refractivity contribution in [1.29, 1.82) is 0 Å². The number of esters is 1. The van der Waals surface area contributed by atoms with E-state index < -0.39 is 5.97 Å². The van der Waals surface area contributed by atoms with E-state index in [1.807, 2.05) is 0 Å². The second-order valence-corrected chi connectivity index (χ2v) is 5.74. The fourth-order valence-electron chi connectivity index (χ4n) is 1.97. The van der Waals surface area contributed by atoms with Gasteiger partial charge < -0.3 is 9.47 Å². The van der Waals surface area contributed by atoms with Crippen LogP contribution < -0.4 is 4.74 Å². The molecule has 0 atom stereocenters. The molecule has 0 aliphatic heterocycles. The topological polar surface area (TPSA) is 61.3 Å². The molecule has 0 aliphatic rings. The number of aromatic nitrogens is 2. The van der Waals surface area contributed by atoms with Gasteiger partial charge in [0.2, 0.25) is 0 Å². The van der Waals surface area contributed by atoms with E-state index in [0.29, 0.717) is 16.3 Å². The maximum Gasteiger partial charge on any atom is 0.342 e. The number of halogens is 1. The Morgan fingerprint density at radius 3 is 2.62 bits per heavy atom. The van der Waals surface area contributed by atoms with Crippen LogP contribution in [0.1, 0.15) is 20.9 Å². The first-order chi connectivity index (χ1) is 11.7. The van der Waals surface area contributed by atoms with Crippen LogP contribution in [0.4, 0.5) is 4.39 Å². The molecule has 0 aliphatic carbocycles. The number of carbonyl (C=O) groups excluding carboxylic acids is 1. The predicted octanol–water partition coefficient (Wildman–Crippen LogP) is 3.61. The standard InChI is InChI=1S/C17H13FN2O3S/c18-13-7-5-12(6-8-13)9-22-15-4-2-1-3-14(15)17(21)23-10-16-20-19-11-24-16/h1-8,11H,9-10H2. The summed E-state index contributed by atoms with van der Waals surface area (Å²) in [6.07, 6.45) is 0. The van der Waals surface area contributed by atoms with Gasteiger partial charge in [-0.1, -0.05) is 24.3 Å². The summed E-state index contributed by atoms with van der Waals surface area (Å²) in [5, 5.41) is 8.12. The third-order valence-corrected chi connectivity index (χ3v) is 3.82. The number of para-hydroxylation sites is 1. The van der Waals surface area contributed by atoms with Crippen LogP contribution in [0.5, 0.6) is 5.75 Å². The number of nitrogens with zero attached hydrogens (tertiary/aromatic N) is 2. The molecular weight excluding hydrogens is 331 g/mol. The number of hydrogen-bond donors (Lipinski definition) is 0. The number of benzene rings is 2. The van der Waals surface area contributed by atoms with Crippen molar-refractivity contribution >= 4 is 17.3 Å². The largest absolute Gasteiger partial charge is 0.488 e. The van der Waals surface area contributed by atoms with Gasteiger partial charge in [0.25, 0.3) is 0 Å². The molecule has 0 unspecified atom stereocenters. The number of ether oxygens (including phenoxy) is 2.